The van der Waals surface area contributed by atoms with Gasteiger partial charge in [-0.15, -0.1) is 0 Å². The molecule has 7 nitrogen and oxygen atoms in total. The molecule has 1 heterocycles. The minimum atomic E-state index is -4.14. The number of hydrogen-bond donors (Lipinski definition) is 4. The monoisotopic (exact) mass is 296 g/mol. The second kappa shape index (κ2) is 5.58. The van der Waals surface area contributed by atoms with Gasteiger partial charge in [0.05, 0.1) is 11.0 Å². The molecule has 0 bridgehead atoms. The number of para-hydroxylation sites is 1. The van der Waals surface area contributed by atoms with E-state index in [1.165, 1.54) is 6.08 Å². The first-order valence-corrected chi connectivity index (χ1v) is 7.52. The molecule has 2 aromatic rings. The van der Waals surface area contributed by atoms with Crippen LogP contribution in [0, 0.1) is 0 Å². The lowest BCUT2D eigenvalue weighted by atomic mass is 10.1. The molecule has 0 aliphatic carbocycles. The number of fused-ring (bicyclic) bond motifs is 1. The Kier molecular flexibility index (Phi) is 4.04. The summed E-state index contributed by atoms with van der Waals surface area (Å²) in [6.07, 6.45) is 2.28. The van der Waals surface area contributed by atoms with Crippen LogP contribution < -0.4 is 11.1 Å². The van der Waals surface area contributed by atoms with Crippen molar-refractivity contribution in [3.8, 4) is 0 Å². The number of benzene rings is 1. The Morgan fingerprint density at radius 2 is 1.85 bits per heavy atom. The second-order valence-electron chi connectivity index (χ2n) is 4.26. The zero-order chi connectivity index (χ0) is 14.8. The van der Waals surface area contributed by atoms with E-state index in [9.17, 15) is 14.2 Å². The largest absolute Gasteiger partial charge is 0.348 e. The van der Waals surface area contributed by atoms with Crippen molar-refractivity contribution in [2.75, 3.05) is 0 Å². The molecule has 0 aliphatic rings. The summed E-state index contributed by atoms with van der Waals surface area (Å²) in [5.74, 6) is 0.850. The van der Waals surface area contributed by atoms with E-state index in [-0.39, 0.29) is 0 Å². The fourth-order valence-electron chi connectivity index (χ4n) is 1.86. The summed E-state index contributed by atoms with van der Waals surface area (Å²) in [7, 11) is -4.14. The normalized spacial score (nSPS) is 12.3. The van der Waals surface area contributed by atoms with Gasteiger partial charge in [-0.2, -0.15) is 0 Å². The lowest BCUT2D eigenvalue weighted by Crippen LogP contribution is -2.29. The van der Waals surface area contributed by atoms with Crippen molar-refractivity contribution >= 4 is 18.6 Å². The Labute approximate surface area is 113 Å². The maximum Gasteiger partial charge on any atom is 0.348 e. The number of allylic oxidation sites excluding steroid dienone is 1. The molecule has 0 aliphatic heterocycles. The Hall–Kier alpha value is -1.95. The lowest BCUT2D eigenvalue weighted by Gasteiger charge is -2.04. The highest BCUT2D eigenvalue weighted by atomic mass is 31.2. The van der Waals surface area contributed by atoms with E-state index >= 15 is 0 Å². The average molecular weight is 296 g/mol. The molecular weight excluding hydrogens is 283 g/mol. The van der Waals surface area contributed by atoms with Gasteiger partial charge in [-0.3, -0.25) is 14.2 Å². The van der Waals surface area contributed by atoms with Crippen molar-refractivity contribution in [3.05, 3.63) is 56.4 Å². The highest BCUT2D eigenvalue weighted by molar-refractivity contribution is 7.55. The van der Waals surface area contributed by atoms with Crippen molar-refractivity contribution in [2.24, 2.45) is 0 Å². The number of aromatic nitrogens is 2. The fourth-order valence-corrected chi connectivity index (χ4v) is 2.28. The molecule has 0 spiro atoms. The molecule has 1 aromatic heterocycles. The third kappa shape index (κ3) is 3.54. The molecule has 2 rings (SSSR count). The van der Waals surface area contributed by atoms with Gasteiger partial charge in [0.25, 0.3) is 0 Å². The van der Waals surface area contributed by atoms with Gasteiger partial charge < -0.3 is 19.8 Å². The molecule has 0 fully saturated rings. The van der Waals surface area contributed by atoms with E-state index in [4.69, 9.17) is 9.79 Å². The minimum absolute atomic E-state index is 0.408. The van der Waals surface area contributed by atoms with Crippen LogP contribution in [0.2, 0.25) is 0 Å². The summed E-state index contributed by atoms with van der Waals surface area (Å²) in [5, 5.41) is 0. The molecule has 106 valence electrons. The molecule has 0 amide bonds. The van der Waals surface area contributed by atoms with Crippen LogP contribution in [0.25, 0.3) is 11.0 Å². The zero-order valence-electron chi connectivity index (χ0n) is 10.4. The van der Waals surface area contributed by atoms with Crippen LogP contribution >= 0.6 is 7.60 Å². The van der Waals surface area contributed by atoms with Gasteiger partial charge in [0.2, 0.25) is 0 Å². The van der Waals surface area contributed by atoms with E-state index in [1.54, 1.807) is 18.2 Å². The molecule has 0 atom stereocenters. The summed E-state index contributed by atoms with van der Waals surface area (Å²) in [4.78, 5) is 44.9. The van der Waals surface area contributed by atoms with Crippen LogP contribution in [-0.2, 0) is 11.0 Å². The second-order valence-corrected chi connectivity index (χ2v) is 5.74. The molecule has 4 N–H and O–H groups in total. The van der Waals surface area contributed by atoms with Crippen molar-refractivity contribution in [2.45, 2.75) is 12.8 Å². The van der Waals surface area contributed by atoms with Crippen LogP contribution in [0.3, 0.4) is 0 Å². The van der Waals surface area contributed by atoms with Crippen LogP contribution in [0.5, 0.6) is 0 Å². The maximum atomic E-state index is 11.3. The van der Waals surface area contributed by atoms with Gasteiger partial charge in [0.1, 0.15) is 0 Å². The third-order valence-corrected chi connectivity index (χ3v) is 3.32. The topological polar surface area (TPSA) is 123 Å². The zero-order valence-corrected chi connectivity index (χ0v) is 11.3. The van der Waals surface area contributed by atoms with Crippen LogP contribution in [0.15, 0.2) is 39.7 Å². The SMILES string of the molecule is O=c1[nH]c2cccc(CC/C=C/P(=O)(O)O)c2[nH]c1=O. The third-order valence-electron chi connectivity index (χ3n) is 2.72. The minimum Gasteiger partial charge on any atom is -0.321 e. The van der Waals surface area contributed by atoms with Gasteiger partial charge in [-0.05, 0) is 24.5 Å². The van der Waals surface area contributed by atoms with E-state index in [0.717, 1.165) is 11.4 Å². The lowest BCUT2D eigenvalue weighted by molar-refractivity contribution is 0.386. The van der Waals surface area contributed by atoms with Gasteiger partial charge in [0, 0.05) is 5.82 Å². The Balaban J connectivity index is 2.29. The quantitative estimate of drug-likeness (QED) is 0.492. The van der Waals surface area contributed by atoms with E-state index in [2.05, 4.69) is 9.97 Å². The molecule has 1 aromatic carbocycles. The molecular formula is C12H13N2O5P. The molecule has 0 saturated carbocycles. The van der Waals surface area contributed by atoms with Crippen molar-refractivity contribution < 1.29 is 14.4 Å². The van der Waals surface area contributed by atoms with Crippen molar-refractivity contribution in [3.63, 3.8) is 0 Å². The predicted octanol–water partition coefficient (Wildman–Crippen LogP) is 0.840. The van der Waals surface area contributed by atoms with Crippen molar-refractivity contribution in [1.29, 1.82) is 0 Å². The van der Waals surface area contributed by atoms with Gasteiger partial charge >= 0.3 is 18.7 Å². The number of nitrogens with one attached hydrogen (secondary N) is 2. The number of aromatic amines is 2. The Morgan fingerprint density at radius 1 is 1.15 bits per heavy atom. The summed E-state index contributed by atoms with van der Waals surface area (Å²) in [6.45, 7) is 0. The molecule has 0 radical (unpaired) electrons. The first-order chi connectivity index (χ1) is 9.37. The predicted molar refractivity (Wildman–Crippen MR) is 74.7 cm³/mol. The molecule has 20 heavy (non-hydrogen) atoms. The van der Waals surface area contributed by atoms with Gasteiger partial charge in [-0.25, -0.2) is 0 Å². The van der Waals surface area contributed by atoms with Crippen LogP contribution in [-0.4, -0.2) is 19.8 Å². The highest BCUT2D eigenvalue weighted by Gasteiger charge is 2.06. The highest BCUT2D eigenvalue weighted by Crippen LogP contribution is 2.36. The fraction of sp³-hybridized carbons (Fsp3) is 0.167. The molecule has 0 saturated heterocycles. The number of hydrogen-bond acceptors (Lipinski definition) is 3. The van der Waals surface area contributed by atoms with Crippen LogP contribution in [0.1, 0.15) is 12.0 Å². The van der Waals surface area contributed by atoms with Crippen LogP contribution in [0.4, 0.5) is 0 Å². The summed E-state index contributed by atoms with van der Waals surface area (Å²) in [5.41, 5.74) is 0.394. The maximum absolute atomic E-state index is 11.3. The Bertz CT molecular complexity index is 814. The summed E-state index contributed by atoms with van der Waals surface area (Å²) >= 11 is 0. The summed E-state index contributed by atoms with van der Waals surface area (Å²) in [6, 6.07) is 5.18. The van der Waals surface area contributed by atoms with E-state index in [1.807, 2.05) is 0 Å². The number of rotatable bonds is 4. The average Bonchev–Trinajstić information content (AvgIpc) is 2.35. The van der Waals surface area contributed by atoms with Gasteiger partial charge in [0.15, 0.2) is 0 Å². The smallest absolute Gasteiger partial charge is 0.321 e. The molecule has 0 unspecified atom stereocenters. The first-order valence-electron chi connectivity index (χ1n) is 5.84. The first kappa shape index (κ1) is 14.5. The Morgan fingerprint density at radius 3 is 2.55 bits per heavy atom. The summed E-state index contributed by atoms with van der Waals surface area (Å²) < 4.78 is 10.7. The van der Waals surface area contributed by atoms with E-state index in [0.29, 0.717) is 23.9 Å². The van der Waals surface area contributed by atoms with Gasteiger partial charge in [-0.1, -0.05) is 18.2 Å². The number of H-pyrrole nitrogens is 2. The molecule has 8 heteroatoms. The van der Waals surface area contributed by atoms with Crippen molar-refractivity contribution in [1.82, 2.24) is 9.97 Å². The number of aryl methyl sites for hydroxylation is 1. The standard InChI is InChI=1S/C12H13N2O5P/c15-11-12(16)14-10-8(5-3-6-9(10)13-11)4-1-2-7-20(17,18)19/h2-3,5-7H,1,4H2,(H,13,15)(H,14,16)(H2,17,18,19)/b7-2+. The van der Waals surface area contributed by atoms with E-state index < -0.39 is 18.7 Å².